The van der Waals surface area contributed by atoms with Gasteiger partial charge in [-0.15, -0.1) is 0 Å². The highest BCUT2D eigenvalue weighted by Crippen LogP contribution is 2.15. The number of nitrogens with one attached hydrogen (secondary N) is 1. The van der Waals surface area contributed by atoms with Crippen molar-refractivity contribution in [1.82, 2.24) is 4.98 Å². The van der Waals surface area contributed by atoms with Gasteiger partial charge < -0.3 is 5.32 Å². The lowest BCUT2D eigenvalue weighted by atomic mass is 10.1. The number of hydrogen-bond acceptors (Lipinski definition) is 3. The van der Waals surface area contributed by atoms with Crippen LogP contribution in [-0.4, -0.2) is 18.3 Å². The Hall–Kier alpha value is -1.64. The van der Waals surface area contributed by atoms with E-state index in [1.807, 2.05) is 0 Å². The number of anilines is 1. The zero-order valence-electron chi connectivity index (χ0n) is 6.87. The van der Waals surface area contributed by atoms with Crippen LogP contribution < -0.4 is 5.32 Å². The minimum absolute atomic E-state index is 0.601. The number of hydrogen-bond donors (Lipinski definition) is 1. The number of carbonyl (C=O) groups excluding carboxylic acids is 1. The minimum atomic E-state index is 0.601. The summed E-state index contributed by atoms with van der Waals surface area (Å²) in [5, 5.41) is 2.88. The van der Waals surface area contributed by atoms with Crippen molar-refractivity contribution in [3.8, 4) is 0 Å². The van der Waals surface area contributed by atoms with Gasteiger partial charge in [-0.25, -0.2) is 4.98 Å². The standard InChI is InChI=1S/C9H10N2O/c1-3-8-7(6-12)4-5-11-9(8)10-2/h3-6H,1H2,2H3,(H,10,11). The van der Waals surface area contributed by atoms with Crippen LogP contribution >= 0.6 is 0 Å². The predicted molar refractivity (Wildman–Crippen MR) is 49.3 cm³/mol. The van der Waals surface area contributed by atoms with Crippen LogP contribution in [0, 0.1) is 0 Å². The normalized spacial score (nSPS) is 9.08. The second kappa shape index (κ2) is 3.67. The SMILES string of the molecule is C=Cc1c(C=O)ccnc1NC. The van der Waals surface area contributed by atoms with Gasteiger partial charge in [0, 0.05) is 24.4 Å². The Balaban J connectivity index is 3.31. The van der Waals surface area contributed by atoms with Crippen LogP contribution in [-0.2, 0) is 0 Å². The van der Waals surface area contributed by atoms with Crippen LogP contribution in [0.3, 0.4) is 0 Å². The average molecular weight is 162 g/mol. The summed E-state index contributed by atoms with van der Waals surface area (Å²) in [7, 11) is 1.75. The summed E-state index contributed by atoms with van der Waals surface area (Å²) in [5.41, 5.74) is 1.35. The van der Waals surface area contributed by atoms with Gasteiger partial charge in [-0.1, -0.05) is 12.7 Å². The number of rotatable bonds is 3. The van der Waals surface area contributed by atoms with E-state index in [4.69, 9.17) is 0 Å². The van der Waals surface area contributed by atoms with Crippen LogP contribution in [0.15, 0.2) is 18.8 Å². The van der Waals surface area contributed by atoms with E-state index in [9.17, 15) is 4.79 Å². The second-order valence-electron chi connectivity index (χ2n) is 2.23. The van der Waals surface area contributed by atoms with E-state index in [2.05, 4.69) is 16.9 Å². The van der Waals surface area contributed by atoms with Crippen LogP contribution in [0.4, 0.5) is 5.82 Å². The van der Waals surface area contributed by atoms with Crippen molar-refractivity contribution in [3.63, 3.8) is 0 Å². The monoisotopic (exact) mass is 162 g/mol. The van der Waals surface area contributed by atoms with Crippen molar-refractivity contribution in [2.24, 2.45) is 0 Å². The molecule has 12 heavy (non-hydrogen) atoms. The maximum atomic E-state index is 10.6. The molecule has 1 N–H and O–H groups in total. The molecule has 1 heterocycles. The third-order valence-corrected chi connectivity index (χ3v) is 1.59. The highest BCUT2D eigenvalue weighted by molar-refractivity contribution is 5.85. The fraction of sp³-hybridized carbons (Fsp3) is 0.111. The molecule has 62 valence electrons. The summed E-state index contributed by atoms with van der Waals surface area (Å²) < 4.78 is 0. The summed E-state index contributed by atoms with van der Waals surface area (Å²) in [6.45, 7) is 3.61. The van der Waals surface area contributed by atoms with E-state index in [0.717, 1.165) is 11.8 Å². The molecule has 0 radical (unpaired) electrons. The molecule has 1 rings (SSSR count). The van der Waals surface area contributed by atoms with E-state index in [1.54, 1.807) is 25.4 Å². The fourth-order valence-corrected chi connectivity index (χ4v) is 1.00. The lowest BCUT2D eigenvalue weighted by molar-refractivity contribution is 0.112. The topological polar surface area (TPSA) is 42.0 Å². The molecule has 1 aromatic heterocycles. The maximum Gasteiger partial charge on any atom is 0.150 e. The zero-order valence-corrected chi connectivity index (χ0v) is 6.87. The zero-order chi connectivity index (χ0) is 8.97. The van der Waals surface area contributed by atoms with E-state index in [-0.39, 0.29) is 0 Å². The van der Waals surface area contributed by atoms with Crippen molar-refractivity contribution in [1.29, 1.82) is 0 Å². The Labute approximate surface area is 71.1 Å². The van der Waals surface area contributed by atoms with Gasteiger partial charge >= 0.3 is 0 Å². The molecule has 3 nitrogen and oxygen atoms in total. The fourth-order valence-electron chi connectivity index (χ4n) is 1.00. The van der Waals surface area contributed by atoms with Gasteiger partial charge in [-0.05, 0) is 6.07 Å². The predicted octanol–water partition coefficient (Wildman–Crippen LogP) is 1.58. The largest absolute Gasteiger partial charge is 0.373 e. The molecule has 3 heteroatoms. The number of nitrogens with zero attached hydrogens (tertiary/aromatic N) is 1. The number of carbonyl (C=O) groups is 1. The van der Waals surface area contributed by atoms with E-state index in [1.165, 1.54) is 0 Å². The van der Waals surface area contributed by atoms with Crippen molar-refractivity contribution < 1.29 is 4.79 Å². The van der Waals surface area contributed by atoms with Crippen molar-refractivity contribution >= 4 is 18.2 Å². The van der Waals surface area contributed by atoms with Gasteiger partial charge in [0.15, 0.2) is 6.29 Å². The highest BCUT2D eigenvalue weighted by Gasteiger charge is 2.02. The van der Waals surface area contributed by atoms with Crippen molar-refractivity contribution in [3.05, 3.63) is 30.0 Å². The molecule has 0 fully saturated rings. The summed E-state index contributed by atoms with van der Waals surface area (Å²) >= 11 is 0. The first-order chi connectivity index (χ1) is 5.83. The molecule has 0 aliphatic carbocycles. The number of aldehydes is 1. The Morgan fingerprint density at radius 1 is 1.67 bits per heavy atom. The molecule has 0 spiro atoms. The van der Waals surface area contributed by atoms with Gasteiger partial charge in [-0.3, -0.25) is 4.79 Å². The summed E-state index contributed by atoms with van der Waals surface area (Å²) in [6, 6.07) is 1.66. The second-order valence-corrected chi connectivity index (χ2v) is 2.23. The molecular weight excluding hydrogens is 152 g/mol. The molecule has 1 aromatic rings. The summed E-state index contributed by atoms with van der Waals surface area (Å²) in [4.78, 5) is 14.6. The summed E-state index contributed by atoms with van der Waals surface area (Å²) in [6.07, 6.45) is 3.99. The van der Waals surface area contributed by atoms with Crippen molar-refractivity contribution in [2.75, 3.05) is 12.4 Å². The van der Waals surface area contributed by atoms with Gasteiger partial charge in [0.25, 0.3) is 0 Å². The molecule has 0 aliphatic rings. The highest BCUT2D eigenvalue weighted by atomic mass is 16.1. The number of aromatic nitrogens is 1. The lowest BCUT2D eigenvalue weighted by Crippen LogP contribution is -1.98. The molecular formula is C9H10N2O. The average Bonchev–Trinajstić information content (AvgIpc) is 2.16. The van der Waals surface area contributed by atoms with Gasteiger partial charge in [-0.2, -0.15) is 0 Å². The molecule has 0 aliphatic heterocycles. The third kappa shape index (κ3) is 1.34. The molecule has 0 saturated carbocycles. The van der Waals surface area contributed by atoms with Crippen molar-refractivity contribution in [2.45, 2.75) is 0 Å². The molecule has 0 aromatic carbocycles. The molecule has 0 bridgehead atoms. The van der Waals surface area contributed by atoms with E-state index < -0.39 is 0 Å². The first-order valence-corrected chi connectivity index (χ1v) is 3.58. The first kappa shape index (κ1) is 8.46. The molecule has 0 atom stereocenters. The van der Waals surface area contributed by atoms with E-state index >= 15 is 0 Å². The Morgan fingerprint density at radius 2 is 2.42 bits per heavy atom. The maximum absolute atomic E-state index is 10.6. The number of pyridine rings is 1. The first-order valence-electron chi connectivity index (χ1n) is 3.58. The summed E-state index contributed by atoms with van der Waals surface area (Å²) in [5.74, 6) is 0.676. The van der Waals surface area contributed by atoms with Crippen LogP contribution in [0.2, 0.25) is 0 Å². The smallest absolute Gasteiger partial charge is 0.150 e. The van der Waals surface area contributed by atoms with E-state index in [0.29, 0.717) is 11.4 Å². The lowest BCUT2D eigenvalue weighted by Gasteiger charge is -2.04. The molecule has 0 saturated heterocycles. The third-order valence-electron chi connectivity index (χ3n) is 1.59. The van der Waals surface area contributed by atoms with Crippen LogP contribution in [0.5, 0.6) is 0 Å². The van der Waals surface area contributed by atoms with Crippen LogP contribution in [0.25, 0.3) is 6.08 Å². The Kier molecular flexibility index (Phi) is 2.58. The molecule has 0 unspecified atom stereocenters. The quantitative estimate of drug-likeness (QED) is 0.686. The minimum Gasteiger partial charge on any atom is -0.373 e. The Bertz CT molecular complexity index is 307. The van der Waals surface area contributed by atoms with Gasteiger partial charge in [0.05, 0.1) is 0 Å². The molecule has 0 amide bonds. The van der Waals surface area contributed by atoms with Crippen LogP contribution in [0.1, 0.15) is 15.9 Å². The Morgan fingerprint density at radius 3 is 2.92 bits per heavy atom. The van der Waals surface area contributed by atoms with Gasteiger partial charge in [0.1, 0.15) is 5.82 Å². The van der Waals surface area contributed by atoms with Gasteiger partial charge in [0.2, 0.25) is 0 Å².